The van der Waals surface area contributed by atoms with Gasteiger partial charge in [-0.2, -0.15) is 0 Å². The Bertz CT molecular complexity index is 575. The van der Waals surface area contributed by atoms with Crippen LogP contribution in [0.3, 0.4) is 0 Å². The Morgan fingerprint density at radius 3 is 2.83 bits per heavy atom. The van der Waals surface area contributed by atoms with E-state index < -0.39 is 0 Å². The molecule has 3 nitrogen and oxygen atoms in total. The molecule has 0 unspecified atom stereocenters. The number of hydrogen-bond donors (Lipinski definition) is 0. The van der Waals surface area contributed by atoms with Crippen LogP contribution >= 0.6 is 11.8 Å². The zero-order valence-electron chi connectivity index (χ0n) is 14.4. The van der Waals surface area contributed by atoms with Crippen molar-refractivity contribution in [1.82, 2.24) is 0 Å². The Morgan fingerprint density at radius 1 is 1.52 bits per heavy atom. The van der Waals surface area contributed by atoms with Crippen LogP contribution in [0.5, 0.6) is 0 Å². The minimum Gasteiger partial charge on any atom is -0.459 e. The standard InChI is InChI=1S/C19H26O3S/c1-12(2)15-11-19(4)13(3)17(22-18(21)8-9-23-5)7-6-14(19)10-16(15)20/h8-10,13,15,17H,1,6-7,11H2,2-5H3/t13-,15-,17+,19+/m0/s1. The maximum Gasteiger partial charge on any atom is 0.331 e. The molecular formula is C19H26O3S. The molecule has 0 aromatic rings. The summed E-state index contributed by atoms with van der Waals surface area (Å²) < 4.78 is 5.67. The summed E-state index contributed by atoms with van der Waals surface area (Å²) in [5.41, 5.74) is 2.02. The third-order valence-corrected chi connectivity index (χ3v) is 5.89. The quantitative estimate of drug-likeness (QED) is 0.437. The topological polar surface area (TPSA) is 43.4 Å². The number of fused-ring (bicyclic) bond motifs is 1. The summed E-state index contributed by atoms with van der Waals surface area (Å²) in [4.78, 5) is 24.2. The number of rotatable bonds is 4. The van der Waals surface area contributed by atoms with Crippen LogP contribution in [0.25, 0.3) is 0 Å². The SMILES string of the molecule is C=C(C)[C@@H]1C[C@@]2(C)C(=CC1=O)CC[C@@H](OC(=O)C=CSC)[C@@H]2C. The van der Waals surface area contributed by atoms with Crippen molar-refractivity contribution < 1.29 is 14.3 Å². The van der Waals surface area contributed by atoms with E-state index >= 15 is 0 Å². The van der Waals surface area contributed by atoms with Crippen LogP contribution < -0.4 is 0 Å². The van der Waals surface area contributed by atoms with Gasteiger partial charge in [-0.05, 0) is 49.3 Å². The van der Waals surface area contributed by atoms with E-state index in [-0.39, 0.29) is 35.1 Å². The molecule has 0 aliphatic heterocycles. The minimum absolute atomic E-state index is 0.102. The van der Waals surface area contributed by atoms with Gasteiger partial charge in [0.25, 0.3) is 0 Å². The van der Waals surface area contributed by atoms with E-state index in [4.69, 9.17) is 4.74 Å². The molecule has 0 amide bonds. The zero-order valence-corrected chi connectivity index (χ0v) is 15.2. The van der Waals surface area contributed by atoms with Gasteiger partial charge in [0.1, 0.15) is 6.10 Å². The molecule has 1 saturated carbocycles. The minimum atomic E-state index is -0.282. The summed E-state index contributed by atoms with van der Waals surface area (Å²) in [6.07, 6.45) is 7.48. The highest BCUT2D eigenvalue weighted by atomic mass is 32.2. The lowest BCUT2D eigenvalue weighted by Crippen LogP contribution is -2.46. The van der Waals surface area contributed by atoms with Crippen LogP contribution in [0.1, 0.15) is 40.0 Å². The maximum absolute atomic E-state index is 12.3. The molecule has 0 bridgehead atoms. The lowest BCUT2D eigenvalue weighted by molar-refractivity contribution is -0.150. The molecule has 0 spiro atoms. The summed E-state index contributed by atoms with van der Waals surface area (Å²) in [6, 6.07) is 0. The van der Waals surface area contributed by atoms with E-state index in [9.17, 15) is 9.59 Å². The number of carbonyl (C=O) groups excluding carboxylic acids is 2. The van der Waals surface area contributed by atoms with Crippen molar-refractivity contribution >= 4 is 23.5 Å². The number of ether oxygens (including phenoxy) is 1. The summed E-state index contributed by atoms with van der Waals surface area (Å²) in [7, 11) is 0. The molecule has 2 aliphatic rings. The van der Waals surface area contributed by atoms with Gasteiger partial charge in [0.15, 0.2) is 5.78 Å². The van der Waals surface area contributed by atoms with Crippen molar-refractivity contribution in [1.29, 1.82) is 0 Å². The highest BCUT2D eigenvalue weighted by molar-refractivity contribution is 8.01. The largest absolute Gasteiger partial charge is 0.459 e. The molecule has 2 rings (SSSR count). The zero-order chi connectivity index (χ0) is 17.2. The molecule has 4 atom stereocenters. The van der Waals surface area contributed by atoms with Gasteiger partial charge in [0.05, 0.1) is 0 Å². The van der Waals surface area contributed by atoms with Crippen LogP contribution in [-0.4, -0.2) is 24.1 Å². The first-order valence-corrected chi connectivity index (χ1v) is 9.38. The Kier molecular flexibility index (Phi) is 5.56. The molecule has 23 heavy (non-hydrogen) atoms. The third kappa shape index (κ3) is 3.63. The second-order valence-electron chi connectivity index (χ2n) is 6.93. The van der Waals surface area contributed by atoms with Gasteiger partial charge in [-0.25, -0.2) is 4.79 Å². The number of allylic oxidation sites excluding steroid dienone is 3. The van der Waals surface area contributed by atoms with Crippen molar-refractivity contribution in [3.63, 3.8) is 0 Å². The normalized spacial score (nSPS) is 34.0. The summed E-state index contributed by atoms with van der Waals surface area (Å²) in [5, 5.41) is 1.74. The van der Waals surface area contributed by atoms with Crippen LogP contribution in [0.4, 0.5) is 0 Å². The lowest BCUT2D eigenvalue weighted by atomic mass is 9.57. The van der Waals surface area contributed by atoms with Crippen molar-refractivity contribution in [3.05, 3.63) is 35.3 Å². The van der Waals surface area contributed by atoms with Gasteiger partial charge >= 0.3 is 5.97 Å². The van der Waals surface area contributed by atoms with Crippen LogP contribution in [0.2, 0.25) is 0 Å². The molecule has 1 fully saturated rings. The van der Waals surface area contributed by atoms with Crippen LogP contribution in [-0.2, 0) is 14.3 Å². The summed E-state index contributed by atoms with van der Waals surface area (Å²) >= 11 is 1.48. The van der Waals surface area contributed by atoms with E-state index in [1.807, 2.05) is 19.3 Å². The molecule has 0 saturated heterocycles. The van der Waals surface area contributed by atoms with Crippen molar-refractivity contribution in [3.8, 4) is 0 Å². The smallest absolute Gasteiger partial charge is 0.331 e. The Balaban J connectivity index is 2.20. The second kappa shape index (κ2) is 7.08. The van der Waals surface area contributed by atoms with Gasteiger partial charge in [0, 0.05) is 17.9 Å². The number of carbonyl (C=O) groups is 2. The first-order valence-electron chi connectivity index (χ1n) is 8.10. The van der Waals surface area contributed by atoms with Gasteiger partial charge in [0.2, 0.25) is 0 Å². The maximum atomic E-state index is 12.3. The second-order valence-corrected chi connectivity index (χ2v) is 7.68. The third-order valence-electron chi connectivity index (χ3n) is 5.49. The van der Waals surface area contributed by atoms with Gasteiger partial charge in [-0.3, -0.25) is 4.79 Å². The number of esters is 1. The molecule has 0 radical (unpaired) electrons. The lowest BCUT2D eigenvalue weighted by Gasteiger charge is -2.49. The molecule has 0 aromatic carbocycles. The van der Waals surface area contributed by atoms with Crippen molar-refractivity contribution in [2.24, 2.45) is 17.3 Å². The highest BCUT2D eigenvalue weighted by Gasteiger charge is 2.48. The Morgan fingerprint density at radius 2 is 2.22 bits per heavy atom. The molecular weight excluding hydrogens is 308 g/mol. The number of thioether (sulfide) groups is 1. The van der Waals surface area contributed by atoms with Gasteiger partial charge < -0.3 is 4.74 Å². The van der Waals surface area contributed by atoms with E-state index in [2.05, 4.69) is 20.4 Å². The molecule has 2 aliphatic carbocycles. The molecule has 0 N–H and O–H groups in total. The summed E-state index contributed by atoms with van der Waals surface area (Å²) in [5.74, 6) is -0.0350. The van der Waals surface area contributed by atoms with Gasteiger partial charge in [-0.15, -0.1) is 11.8 Å². The average molecular weight is 334 g/mol. The van der Waals surface area contributed by atoms with Gasteiger partial charge in [-0.1, -0.05) is 31.6 Å². The first-order chi connectivity index (χ1) is 10.8. The molecule has 4 heteroatoms. The van der Waals surface area contributed by atoms with Crippen molar-refractivity contribution in [2.45, 2.75) is 46.1 Å². The highest BCUT2D eigenvalue weighted by Crippen LogP contribution is 2.52. The fourth-order valence-corrected chi connectivity index (χ4v) is 4.02. The van der Waals surface area contributed by atoms with Crippen LogP contribution in [0.15, 0.2) is 35.3 Å². The van der Waals surface area contributed by atoms with E-state index in [0.29, 0.717) is 0 Å². The van der Waals surface area contributed by atoms with E-state index in [1.54, 1.807) is 5.41 Å². The van der Waals surface area contributed by atoms with Crippen LogP contribution in [0, 0.1) is 17.3 Å². The Hall–Kier alpha value is -1.29. The number of ketones is 1. The molecule has 0 aromatic heterocycles. The predicted octanol–water partition coefficient (Wildman–Crippen LogP) is 4.30. The first kappa shape index (κ1) is 18.1. The molecule has 126 valence electrons. The average Bonchev–Trinajstić information content (AvgIpc) is 2.49. The van der Waals surface area contributed by atoms with E-state index in [0.717, 1.165) is 24.8 Å². The fourth-order valence-electron chi connectivity index (χ4n) is 3.78. The fraction of sp³-hybridized carbons (Fsp3) is 0.579. The summed E-state index contributed by atoms with van der Waals surface area (Å²) in [6.45, 7) is 10.2. The number of hydrogen-bond acceptors (Lipinski definition) is 4. The molecule has 0 heterocycles. The Labute approximate surface area is 143 Å². The monoisotopic (exact) mass is 334 g/mol. The predicted molar refractivity (Wildman–Crippen MR) is 95.1 cm³/mol. The van der Waals surface area contributed by atoms with E-state index in [1.165, 1.54) is 23.4 Å². The van der Waals surface area contributed by atoms with Crippen molar-refractivity contribution in [2.75, 3.05) is 6.26 Å².